The maximum absolute atomic E-state index is 11.7. The minimum atomic E-state index is -0.990. The molecular formula is C21H25NO4. The number of carbonyl (C=O) groups is 1. The number of hydrogen-bond donors (Lipinski definition) is 1. The van der Waals surface area contributed by atoms with Gasteiger partial charge in [-0.05, 0) is 36.2 Å². The zero-order valence-electron chi connectivity index (χ0n) is 15.1. The van der Waals surface area contributed by atoms with E-state index in [1.165, 1.54) is 0 Å². The molecule has 0 bridgehead atoms. The van der Waals surface area contributed by atoms with Gasteiger partial charge in [0, 0.05) is 13.1 Å². The molecule has 1 unspecified atom stereocenters. The van der Waals surface area contributed by atoms with E-state index in [1.54, 1.807) is 12.1 Å². The second-order valence-electron chi connectivity index (χ2n) is 6.50. The first-order valence-corrected chi connectivity index (χ1v) is 9.05. The fourth-order valence-electron chi connectivity index (χ4n) is 3.20. The zero-order valence-corrected chi connectivity index (χ0v) is 15.1. The Hall–Kier alpha value is -2.37. The summed E-state index contributed by atoms with van der Waals surface area (Å²) in [7, 11) is 0. The topological polar surface area (TPSA) is 59.0 Å². The molecule has 0 aromatic heterocycles. The van der Waals surface area contributed by atoms with Gasteiger partial charge in [-0.25, -0.2) is 4.79 Å². The van der Waals surface area contributed by atoms with Gasteiger partial charge in [-0.3, -0.25) is 4.90 Å². The summed E-state index contributed by atoms with van der Waals surface area (Å²) in [6.07, 6.45) is 0.996. The standard InChI is InChI=1S/C21H25NO4/c1-2-10-22-11-12-25-20(14-22)17-8-9-19(18(13-17)21(23)24)26-15-16-6-4-3-5-7-16/h3-9,13,20H,2,10-12,14-15H2,1H3,(H,23,24). The third-order valence-electron chi connectivity index (χ3n) is 4.53. The van der Waals surface area contributed by atoms with Gasteiger partial charge in [-0.15, -0.1) is 0 Å². The van der Waals surface area contributed by atoms with E-state index in [0.717, 1.165) is 37.2 Å². The van der Waals surface area contributed by atoms with Crippen LogP contribution in [0.25, 0.3) is 0 Å². The quantitative estimate of drug-likeness (QED) is 0.820. The number of nitrogens with zero attached hydrogens (tertiary/aromatic N) is 1. The molecule has 1 aliphatic rings. The summed E-state index contributed by atoms with van der Waals surface area (Å²) < 4.78 is 11.6. The Kier molecular flexibility index (Phi) is 6.26. The summed E-state index contributed by atoms with van der Waals surface area (Å²) in [5.41, 5.74) is 2.06. The molecule has 2 aromatic rings. The van der Waals surface area contributed by atoms with Crippen molar-refractivity contribution in [3.05, 3.63) is 65.2 Å². The van der Waals surface area contributed by atoms with Crippen LogP contribution >= 0.6 is 0 Å². The van der Waals surface area contributed by atoms with Gasteiger partial charge >= 0.3 is 5.97 Å². The molecule has 5 nitrogen and oxygen atoms in total. The van der Waals surface area contributed by atoms with Gasteiger partial charge in [0.2, 0.25) is 0 Å². The highest BCUT2D eigenvalue weighted by Gasteiger charge is 2.23. The Morgan fingerprint density at radius 2 is 2.08 bits per heavy atom. The second kappa shape index (κ2) is 8.83. The SMILES string of the molecule is CCCN1CCOC(c2ccc(OCc3ccccc3)c(C(=O)O)c2)C1. The molecule has 1 fully saturated rings. The number of benzene rings is 2. The van der Waals surface area contributed by atoms with Crippen LogP contribution in [0.5, 0.6) is 5.75 Å². The zero-order chi connectivity index (χ0) is 18.4. The lowest BCUT2D eigenvalue weighted by Gasteiger charge is -2.33. The number of carboxylic acid groups (broad SMARTS) is 1. The van der Waals surface area contributed by atoms with E-state index in [9.17, 15) is 9.90 Å². The monoisotopic (exact) mass is 355 g/mol. The molecule has 3 rings (SSSR count). The molecule has 1 atom stereocenters. The first-order valence-electron chi connectivity index (χ1n) is 9.05. The van der Waals surface area contributed by atoms with Crippen molar-refractivity contribution in [1.82, 2.24) is 4.90 Å². The van der Waals surface area contributed by atoms with Crippen LogP contribution in [-0.4, -0.2) is 42.2 Å². The van der Waals surface area contributed by atoms with Gasteiger partial charge in [-0.2, -0.15) is 0 Å². The van der Waals surface area contributed by atoms with Gasteiger partial charge in [0.15, 0.2) is 0 Å². The van der Waals surface area contributed by atoms with E-state index in [-0.39, 0.29) is 11.7 Å². The third-order valence-corrected chi connectivity index (χ3v) is 4.53. The van der Waals surface area contributed by atoms with Crippen molar-refractivity contribution in [3.63, 3.8) is 0 Å². The van der Waals surface area contributed by atoms with Crippen LogP contribution in [0.15, 0.2) is 48.5 Å². The van der Waals surface area contributed by atoms with Gasteiger partial charge in [0.25, 0.3) is 0 Å². The molecule has 2 aromatic carbocycles. The lowest BCUT2D eigenvalue weighted by molar-refractivity contribution is -0.0299. The minimum Gasteiger partial charge on any atom is -0.488 e. The van der Waals surface area contributed by atoms with Crippen LogP contribution in [0, 0.1) is 0 Å². The summed E-state index contributed by atoms with van der Waals surface area (Å²) >= 11 is 0. The number of ether oxygens (including phenoxy) is 2. The van der Waals surface area contributed by atoms with Crippen LogP contribution in [0.1, 0.15) is 40.9 Å². The maximum atomic E-state index is 11.7. The highest BCUT2D eigenvalue weighted by molar-refractivity contribution is 5.91. The van der Waals surface area contributed by atoms with Crippen LogP contribution < -0.4 is 4.74 Å². The number of morpholine rings is 1. The number of aromatic carboxylic acids is 1. The largest absolute Gasteiger partial charge is 0.488 e. The Bertz CT molecular complexity index is 730. The molecular weight excluding hydrogens is 330 g/mol. The van der Waals surface area contributed by atoms with E-state index in [1.807, 2.05) is 36.4 Å². The molecule has 1 heterocycles. The van der Waals surface area contributed by atoms with E-state index < -0.39 is 5.97 Å². The van der Waals surface area contributed by atoms with E-state index in [4.69, 9.17) is 9.47 Å². The van der Waals surface area contributed by atoms with Crippen molar-refractivity contribution in [3.8, 4) is 5.75 Å². The highest BCUT2D eigenvalue weighted by atomic mass is 16.5. The molecule has 0 aliphatic carbocycles. The predicted molar refractivity (Wildman–Crippen MR) is 99.6 cm³/mol. The smallest absolute Gasteiger partial charge is 0.339 e. The Balaban J connectivity index is 1.75. The lowest BCUT2D eigenvalue weighted by Crippen LogP contribution is -2.38. The summed E-state index contributed by atoms with van der Waals surface area (Å²) in [4.78, 5) is 14.1. The van der Waals surface area contributed by atoms with Gasteiger partial charge in [0.1, 0.15) is 17.9 Å². The van der Waals surface area contributed by atoms with E-state index in [2.05, 4.69) is 11.8 Å². The number of carboxylic acids is 1. The molecule has 0 amide bonds. The lowest BCUT2D eigenvalue weighted by atomic mass is 10.0. The molecule has 0 spiro atoms. The normalized spacial score (nSPS) is 17.8. The molecule has 5 heteroatoms. The Morgan fingerprint density at radius 3 is 2.81 bits per heavy atom. The fourth-order valence-corrected chi connectivity index (χ4v) is 3.20. The average Bonchev–Trinajstić information content (AvgIpc) is 2.67. The Morgan fingerprint density at radius 1 is 1.27 bits per heavy atom. The first-order chi connectivity index (χ1) is 12.7. The fraction of sp³-hybridized carbons (Fsp3) is 0.381. The predicted octanol–water partition coefficient (Wildman–Crippen LogP) is 3.75. The summed E-state index contributed by atoms with van der Waals surface area (Å²) in [6.45, 7) is 5.91. The van der Waals surface area contributed by atoms with Crippen molar-refractivity contribution >= 4 is 5.97 Å². The summed E-state index contributed by atoms with van der Waals surface area (Å²) in [6, 6.07) is 15.0. The average molecular weight is 355 g/mol. The van der Waals surface area contributed by atoms with Gasteiger partial charge in [-0.1, -0.05) is 43.3 Å². The molecule has 1 saturated heterocycles. The molecule has 0 radical (unpaired) electrons. The molecule has 138 valence electrons. The highest BCUT2D eigenvalue weighted by Crippen LogP contribution is 2.28. The van der Waals surface area contributed by atoms with Crippen molar-refractivity contribution in [2.24, 2.45) is 0 Å². The molecule has 26 heavy (non-hydrogen) atoms. The third kappa shape index (κ3) is 4.62. The van der Waals surface area contributed by atoms with Crippen molar-refractivity contribution < 1.29 is 19.4 Å². The molecule has 0 saturated carbocycles. The minimum absolute atomic E-state index is 0.100. The van der Waals surface area contributed by atoms with Crippen molar-refractivity contribution in [2.45, 2.75) is 26.1 Å². The summed E-state index contributed by atoms with van der Waals surface area (Å²) in [5, 5.41) is 9.59. The summed E-state index contributed by atoms with van der Waals surface area (Å²) in [5.74, 6) is -0.609. The number of rotatable bonds is 7. The first kappa shape index (κ1) is 18.4. The second-order valence-corrected chi connectivity index (χ2v) is 6.50. The molecule has 1 N–H and O–H groups in total. The Labute approximate surface area is 154 Å². The van der Waals surface area contributed by atoms with Gasteiger partial charge in [0.05, 0.1) is 12.7 Å². The van der Waals surface area contributed by atoms with Crippen LogP contribution in [-0.2, 0) is 11.3 Å². The van der Waals surface area contributed by atoms with Gasteiger partial charge < -0.3 is 14.6 Å². The van der Waals surface area contributed by atoms with E-state index in [0.29, 0.717) is 19.0 Å². The van der Waals surface area contributed by atoms with Crippen molar-refractivity contribution in [1.29, 1.82) is 0 Å². The molecule has 1 aliphatic heterocycles. The number of hydrogen-bond acceptors (Lipinski definition) is 4. The van der Waals surface area contributed by atoms with Crippen molar-refractivity contribution in [2.75, 3.05) is 26.2 Å². The van der Waals surface area contributed by atoms with Crippen LogP contribution in [0.4, 0.5) is 0 Å². The van der Waals surface area contributed by atoms with Crippen LogP contribution in [0.2, 0.25) is 0 Å². The van der Waals surface area contributed by atoms with Crippen LogP contribution in [0.3, 0.4) is 0 Å². The maximum Gasteiger partial charge on any atom is 0.339 e. The van der Waals surface area contributed by atoms with E-state index >= 15 is 0 Å².